The van der Waals surface area contributed by atoms with E-state index in [9.17, 15) is 8.42 Å². The zero-order valence-corrected chi connectivity index (χ0v) is 12.9. The van der Waals surface area contributed by atoms with Crippen LogP contribution in [0, 0.1) is 0 Å². The number of allylic oxidation sites excluding steroid dienone is 7. The Bertz CT molecular complexity index is 714. The van der Waals surface area contributed by atoms with E-state index in [4.69, 9.17) is 5.73 Å². The second-order valence-corrected chi connectivity index (χ2v) is 6.28. The molecular formula is C16H19N3O2S. The molecule has 0 aliphatic heterocycles. The van der Waals surface area contributed by atoms with Crippen LogP contribution < -0.4 is 15.8 Å². The predicted molar refractivity (Wildman–Crippen MR) is 89.8 cm³/mol. The van der Waals surface area contributed by atoms with E-state index in [1.165, 1.54) is 0 Å². The fraction of sp³-hybridized carbons (Fsp3) is 0.125. The van der Waals surface area contributed by atoms with Gasteiger partial charge in [-0.25, -0.2) is 8.42 Å². The van der Waals surface area contributed by atoms with Crippen LogP contribution in [0.25, 0.3) is 0 Å². The van der Waals surface area contributed by atoms with E-state index in [2.05, 4.69) is 10.0 Å². The van der Waals surface area contributed by atoms with Crippen LogP contribution in [0.15, 0.2) is 77.4 Å². The fourth-order valence-corrected chi connectivity index (χ4v) is 2.88. The molecule has 0 amide bonds. The molecule has 0 saturated carbocycles. The number of hydrogen-bond acceptors (Lipinski definition) is 4. The highest BCUT2D eigenvalue weighted by Crippen LogP contribution is 2.15. The Morgan fingerprint density at radius 2 is 1.64 bits per heavy atom. The van der Waals surface area contributed by atoms with Crippen LogP contribution in [0.5, 0.6) is 0 Å². The van der Waals surface area contributed by atoms with Crippen LogP contribution in [0.3, 0.4) is 0 Å². The molecular weight excluding hydrogens is 298 g/mol. The smallest absolute Gasteiger partial charge is 0.261 e. The van der Waals surface area contributed by atoms with Crippen molar-refractivity contribution in [2.45, 2.75) is 4.90 Å². The lowest BCUT2D eigenvalue weighted by Crippen LogP contribution is -2.22. The van der Waals surface area contributed by atoms with Crippen LogP contribution in [-0.4, -0.2) is 21.5 Å². The Hall–Kier alpha value is -2.31. The molecule has 0 fully saturated rings. The van der Waals surface area contributed by atoms with Gasteiger partial charge in [-0.2, -0.15) is 0 Å². The maximum absolute atomic E-state index is 12.4. The quantitative estimate of drug-likeness (QED) is 0.748. The topological polar surface area (TPSA) is 84.2 Å². The third kappa shape index (κ3) is 4.61. The third-order valence-corrected chi connectivity index (χ3v) is 4.28. The minimum absolute atomic E-state index is 0.210. The van der Waals surface area contributed by atoms with Crippen molar-refractivity contribution in [1.29, 1.82) is 0 Å². The minimum Gasteiger partial charge on any atom is -0.384 e. The van der Waals surface area contributed by atoms with E-state index in [-0.39, 0.29) is 4.90 Å². The first kappa shape index (κ1) is 16.1. The van der Waals surface area contributed by atoms with E-state index in [1.807, 2.05) is 18.2 Å². The van der Waals surface area contributed by atoms with Gasteiger partial charge >= 0.3 is 0 Å². The molecule has 6 heteroatoms. The molecule has 0 unspecified atom stereocenters. The van der Waals surface area contributed by atoms with Crippen molar-refractivity contribution in [3.63, 3.8) is 0 Å². The molecule has 0 atom stereocenters. The number of anilines is 1. The first-order valence-corrected chi connectivity index (χ1v) is 8.39. The third-order valence-electron chi connectivity index (χ3n) is 2.89. The van der Waals surface area contributed by atoms with Gasteiger partial charge in [-0.05, 0) is 36.4 Å². The molecule has 0 saturated heterocycles. The summed E-state index contributed by atoms with van der Waals surface area (Å²) in [6.45, 7) is 1.16. The highest BCUT2D eigenvalue weighted by atomic mass is 32.2. The molecule has 22 heavy (non-hydrogen) atoms. The first-order valence-electron chi connectivity index (χ1n) is 6.90. The molecule has 0 radical (unpaired) electrons. The normalized spacial score (nSPS) is 14.1. The maximum atomic E-state index is 12.4. The molecule has 1 aliphatic rings. The molecule has 4 N–H and O–H groups in total. The van der Waals surface area contributed by atoms with E-state index < -0.39 is 10.0 Å². The Labute approximate surface area is 131 Å². The Morgan fingerprint density at radius 3 is 2.36 bits per heavy atom. The maximum Gasteiger partial charge on any atom is 0.261 e. The zero-order valence-electron chi connectivity index (χ0n) is 12.1. The van der Waals surface area contributed by atoms with Gasteiger partial charge in [-0.15, -0.1) is 0 Å². The average molecular weight is 317 g/mol. The van der Waals surface area contributed by atoms with E-state index in [0.717, 1.165) is 5.69 Å². The summed E-state index contributed by atoms with van der Waals surface area (Å²) in [6, 6.07) is 6.55. The number of rotatable bonds is 6. The van der Waals surface area contributed by atoms with Crippen LogP contribution in [0.2, 0.25) is 0 Å². The lowest BCUT2D eigenvalue weighted by atomic mass is 10.3. The van der Waals surface area contributed by atoms with Crippen molar-refractivity contribution in [3.8, 4) is 0 Å². The van der Waals surface area contributed by atoms with Gasteiger partial charge in [0, 0.05) is 24.5 Å². The van der Waals surface area contributed by atoms with Crippen LogP contribution >= 0.6 is 0 Å². The molecule has 0 bridgehead atoms. The Balaban J connectivity index is 2.13. The first-order chi connectivity index (χ1) is 10.6. The molecule has 1 aromatic rings. The van der Waals surface area contributed by atoms with E-state index in [0.29, 0.717) is 18.8 Å². The second kappa shape index (κ2) is 7.63. The average Bonchev–Trinajstić information content (AvgIpc) is 2.48. The van der Waals surface area contributed by atoms with Gasteiger partial charge < -0.3 is 11.1 Å². The summed E-state index contributed by atoms with van der Waals surface area (Å²) in [5.74, 6) is 0. The molecule has 116 valence electrons. The lowest BCUT2D eigenvalue weighted by Gasteiger charge is -2.10. The van der Waals surface area contributed by atoms with Crippen LogP contribution in [0.4, 0.5) is 5.69 Å². The van der Waals surface area contributed by atoms with Crippen LogP contribution in [-0.2, 0) is 10.0 Å². The summed E-state index contributed by atoms with van der Waals surface area (Å²) < 4.78 is 27.3. The van der Waals surface area contributed by atoms with Gasteiger partial charge in [0.05, 0.1) is 4.90 Å². The number of nitrogens with one attached hydrogen (secondary N) is 2. The largest absolute Gasteiger partial charge is 0.384 e. The van der Waals surface area contributed by atoms with Gasteiger partial charge in [0.25, 0.3) is 10.0 Å². The summed E-state index contributed by atoms with van der Waals surface area (Å²) in [7, 11) is -3.61. The zero-order chi connectivity index (χ0) is 15.8. The highest BCUT2D eigenvalue weighted by molar-refractivity contribution is 7.89. The summed E-state index contributed by atoms with van der Waals surface area (Å²) in [5.41, 5.74) is 6.75. The Morgan fingerprint density at radius 1 is 0.955 bits per heavy atom. The van der Waals surface area contributed by atoms with Crippen molar-refractivity contribution in [2.24, 2.45) is 5.73 Å². The van der Waals surface area contributed by atoms with Gasteiger partial charge in [0.2, 0.25) is 0 Å². The van der Waals surface area contributed by atoms with Gasteiger partial charge in [-0.3, -0.25) is 4.72 Å². The van der Waals surface area contributed by atoms with Crippen molar-refractivity contribution in [2.75, 3.05) is 18.4 Å². The standard InChI is InChI=1S/C16H19N3O2S/c17-12-13-18-14-8-10-16(11-9-14)22(20,21)19-15-6-4-2-1-3-5-7-15/h1-11,18-19H,12-13,17H2. The molecule has 0 heterocycles. The van der Waals surface area contributed by atoms with Crippen LogP contribution in [0.1, 0.15) is 0 Å². The number of benzene rings is 1. The molecule has 1 aromatic carbocycles. The SMILES string of the molecule is NCCNc1ccc(S(=O)(=O)NC2=CC=CC=CC=C2)cc1. The lowest BCUT2D eigenvalue weighted by molar-refractivity contribution is 0.589. The molecule has 2 rings (SSSR count). The number of sulfonamides is 1. The Kier molecular flexibility index (Phi) is 5.57. The van der Waals surface area contributed by atoms with Gasteiger partial charge in [0.15, 0.2) is 0 Å². The summed E-state index contributed by atoms with van der Waals surface area (Å²) in [5, 5.41) is 3.09. The summed E-state index contributed by atoms with van der Waals surface area (Å²) in [6.07, 6.45) is 12.5. The van der Waals surface area contributed by atoms with Crippen molar-refractivity contribution in [1.82, 2.24) is 4.72 Å². The predicted octanol–water partition coefficient (Wildman–Crippen LogP) is 1.90. The van der Waals surface area contributed by atoms with Crippen molar-refractivity contribution in [3.05, 3.63) is 72.5 Å². The number of nitrogens with two attached hydrogens (primary N) is 1. The van der Waals surface area contributed by atoms with Gasteiger partial charge in [0.1, 0.15) is 0 Å². The van der Waals surface area contributed by atoms with Gasteiger partial charge in [-0.1, -0.05) is 30.4 Å². The monoisotopic (exact) mass is 317 g/mol. The molecule has 0 spiro atoms. The summed E-state index contributed by atoms with van der Waals surface area (Å²) >= 11 is 0. The minimum atomic E-state index is -3.61. The van der Waals surface area contributed by atoms with E-state index >= 15 is 0 Å². The molecule has 1 aliphatic carbocycles. The fourth-order valence-electron chi connectivity index (χ4n) is 1.82. The molecule has 5 nitrogen and oxygen atoms in total. The highest BCUT2D eigenvalue weighted by Gasteiger charge is 2.14. The second-order valence-electron chi connectivity index (χ2n) is 4.60. The molecule has 0 aromatic heterocycles. The van der Waals surface area contributed by atoms with Crippen molar-refractivity contribution >= 4 is 15.7 Å². The summed E-state index contributed by atoms with van der Waals surface area (Å²) in [4.78, 5) is 0.210. The van der Waals surface area contributed by atoms with Crippen molar-refractivity contribution < 1.29 is 8.42 Å². The van der Waals surface area contributed by atoms with E-state index in [1.54, 1.807) is 48.6 Å². The number of hydrogen-bond donors (Lipinski definition) is 3.